The minimum atomic E-state index is -0.318. The monoisotopic (exact) mass is 324 g/mol. The van der Waals surface area contributed by atoms with E-state index in [9.17, 15) is 9.18 Å². The predicted octanol–water partition coefficient (Wildman–Crippen LogP) is 2.96. The van der Waals surface area contributed by atoms with Crippen molar-refractivity contribution < 1.29 is 13.9 Å². The number of carbonyl (C=O) groups is 1. The molecule has 1 fully saturated rings. The van der Waals surface area contributed by atoms with Crippen LogP contribution in [0.5, 0.6) is 0 Å². The number of benzene rings is 1. The van der Waals surface area contributed by atoms with E-state index in [4.69, 9.17) is 0 Å². The van der Waals surface area contributed by atoms with Crippen LogP contribution in [-0.2, 0) is 16.0 Å². The molecule has 1 aromatic carbocycles. The Kier molecular flexibility index (Phi) is 8.62. The first-order valence-corrected chi connectivity index (χ1v) is 8.18. The van der Waals surface area contributed by atoms with Crippen molar-refractivity contribution in [1.29, 1.82) is 0 Å². The van der Waals surface area contributed by atoms with Crippen molar-refractivity contribution in [3.63, 3.8) is 0 Å². The van der Waals surface area contributed by atoms with Gasteiger partial charge in [0.1, 0.15) is 5.60 Å². The average molecular weight is 324 g/mol. The Balaban J connectivity index is 0.000000322. The van der Waals surface area contributed by atoms with Crippen molar-refractivity contribution in [3.8, 4) is 0 Å². The third-order valence-corrected chi connectivity index (χ3v) is 3.42. The lowest BCUT2D eigenvalue weighted by atomic mass is 10.1. The fourth-order valence-electron chi connectivity index (χ4n) is 2.21. The predicted molar refractivity (Wildman–Crippen MR) is 92.7 cm³/mol. The molecule has 0 aromatic heterocycles. The quantitative estimate of drug-likeness (QED) is 0.846. The number of aryl methyl sites for hydroxylation is 1. The Hall–Kier alpha value is -1.62. The molecule has 1 heterocycles. The van der Waals surface area contributed by atoms with Gasteiger partial charge in [-0.2, -0.15) is 0 Å². The van der Waals surface area contributed by atoms with Crippen LogP contribution in [-0.4, -0.2) is 44.9 Å². The van der Waals surface area contributed by atoms with Gasteiger partial charge in [-0.1, -0.05) is 12.1 Å². The van der Waals surface area contributed by atoms with Gasteiger partial charge in [-0.3, -0.25) is 9.18 Å². The van der Waals surface area contributed by atoms with Gasteiger partial charge in [0.25, 0.3) is 6.47 Å². The number of anilines is 1. The van der Waals surface area contributed by atoms with Crippen LogP contribution < -0.4 is 10.2 Å². The molecule has 1 aromatic rings. The molecule has 1 aliphatic rings. The highest BCUT2D eigenvalue weighted by atomic mass is 19.1. The molecule has 0 radical (unpaired) electrons. The van der Waals surface area contributed by atoms with Crippen LogP contribution in [0.1, 0.15) is 32.8 Å². The molecule has 0 amide bonds. The van der Waals surface area contributed by atoms with Crippen LogP contribution in [0.15, 0.2) is 24.3 Å². The maximum Gasteiger partial charge on any atom is 0.293 e. The smallest absolute Gasteiger partial charge is 0.293 e. The lowest BCUT2D eigenvalue weighted by molar-refractivity contribution is -0.138. The summed E-state index contributed by atoms with van der Waals surface area (Å²) in [4.78, 5) is 12.0. The number of nitrogens with one attached hydrogen (secondary N) is 1. The lowest BCUT2D eigenvalue weighted by Crippen LogP contribution is -2.43. The molecule has 0 bridgehead atoms. The molecule has 1 aliphatic heterocycles. The molecule has 0 atom stereocenters. The molecule has 0 aliphatic carbocycles. The number of alkyl halides is 1. The molecule has 5 heteroatoms. The summed E-state index contributed by atoms with van der Waals surface area (Å²) in [6.45, 7) is 9.96. The molecule has 1 N–H and O–H groups in total. The number of nitrogens with zero attached hydrogens (tertiary/aromatic N) is 1. The van der Waals surface area contributed by atoms with E-state index in [-0.39, 0.29) is 12.3 Å². The van der Waals surface area contributed by atoms with Crippen LogP contribution >= 0.6 is 0 Å². The van der Waals surface area contributed by atoms with E-state index in [0.29, 0.717) is 12.9 Å². The van der Waals surface area contributed by atoms with E-state index in [2.05, 4.69) is 39.2 Å². The molecule has 2 rings (SSSR count). The first-order valence-electron chi connectivity index (χ1n) is 8.18. The van der Waals surface area contributed by atoms with Crippen molar-refractivity contribution in [2.45, 2.75) is 39.2 Å². The summed E-state index contributed by atoms with van der Waals surface area (Å²) in [5.41, 5.74) is 2.20. The molecule has 0 spiro atoms. The Morgan fingerprint density at radius 2 is 1.83 bits per heavy atom. The van der Waals surface area contributed by atoms with Crippen LogP contribution in [0.4, 0.5) is 10.1 Å². The highest BCUT2D eigenvalue weighted by molar-refractivity contribution is 5.48. The third-order valence-electron chi connectivity index (χ3n) is 3.42. The Morgan fingerprint density at radius 3 is 2.26 bits per heavy atom. The zero-order valence-electron chi connectivity index (χ0n) is 14.5. The van der Waals surface area contributed by atoms with E-state index in [1.54, 1.807) is 0 Å². The summed E-state index contributed by atoms with van der Waals surface area (Å²) in [5, 5.41) is 3.34. The fourth-order valence-corrected chi connectivity index (χ4v) is 2.21. The molecule has 4 nitrogen and oxygen atoms in total. The van der Waals surface area contributed by atoms with Gasteiger partial charge in [0.05, 0.1) is 6.67 Å². The van der Waals surface area contributed by atoms with E-state index in [1.807, 2.05) is 20.8 Å². The van der Waals surface area contributed by atoms with Crippen LogP contribution in [0.3, 0.4) is 0 Å². The first kappa shape index (κ1) is 19.4. The van der Waals surface area contributed by atoms with Crippen molar-refractivity contribution in [2.75, 3.05) is 37.8 Å². The zero-order valence-corrected chi connectivity index (χ0v) is 14.5. The third kappa shape index (κ3) is 8.55. The Labute approximate surface area is 139 Å². The Morgan fingerprint density at radius 1 is 1.22 bits per heavy atom. The van der Waals surface area contributed by atoms with Gasteiger partial charge in [0.15, 0.2) is 0 Å². The minimum absolute atomic E-state index is 0.223. The number of rotatable bonds is 5. The summed E-state index contributed by atoms with van der Waals surface area (Å²) in [7, 11) is 0. The second-order valence-electron chi connectivity index (χ2n) is 6.52. The molecular weight excluding hydrogens is 295 g/mol. The number of piperazine rings is 1. The van der Waals surface area contributed by atoms with Crippen LogP contribution in [0.2, 0.25) is 0 Å². The second-order valence-corrected chi connectivity index (χ2v) is 6.52. The normalized spacial score (nSPS) is 14.7. The van der Waals surface area contributed by atoms with Crippen molar-refractivity contribution >= 4 is 12.2 Å². The van der Waals surface area contributed by atoms with Gasteiger partial charge < -0.3 is 15.0 Å². The van der Waals surface area contributed by atoms with Crippen LogP contribution in [0, 0.1) is 0 Å². The summed E-state index contributed by atoms with van der Waals surface area (Å²) < 4.78 is 16.6. The largest absolute Gasteiger partial charge is 0.462 e. The number of halogens is 1. The highest BCUT2D eigenvalue weighted by Gasteiger charge is 2.09. The average Bonchev–Trinajstić information content (AvgIpc) is 2.54. The van der Waals surface area contributed by atoms with Crippen LogP contribution in [0.25, 0.3) is 0 Å². The van der Waals surface area contributed by atoms with E-state index >= 15 is 0 Å². The Bertz CT molecular complexity index is 437. The molecule has 23 heavy (non-hydrogen) atoms. The molecule has 0 unspecified atom stereocenters. The molecular formula is C18H29FN2O2. The van der Waals surface area contributed by atoms with Crippen molar-refractivity contribution in [1.82, 2.24) is 5.32 Å². The maximum absolute atomic E-state index is 12.0. The van der Waals surface area contributed by atoms with Gasteiger partial charge in [-0.15, -0.1) is 0 Å². The lowest BCUT2D eigenvalue weighted by Gasteiger charge is -2.29. The number of carbonyl (C=O) groups excluding carboxylic acids is 1. The van der Waals surface area contributed by atoms with Gasteiger partial charge in [0, 0.05) is 31.9 Å². The fraction of sp³-hybridized carbons (Fsp3) is 0.611. The molecule has 0 saturated carbocycles. The van der Waals surface area contributed by atoms with E-state index < -0.39 is 0 Å². The van der Waals surface area contributed by atoms with Gasteiger partial charge in [-0.25, -0.2) is 0 Å². The number of hydrogen-bond acceptors (Lipinski definition) is 4. The van der Waals surface area contributed by atoms with E-state index in [1.165, 1.54) is 11.3 Å². The second kappa shape index (κ2) is 10.2. The van der Waals surface area contributed by atoms with Gasteiger partial charge in [-0.05, 0) is 51.3 Å². The SMILES string of the molecule is CC(C)(C)OC=O.FCCCc1ccc(N2CCNCC2)cc1. The summed E-state index contributed by atoms with van der Waals surface area (Å²) in [5.74, 6) is 0. The number of hydrogen-bond donors (Lipinski definition) is 1. The highest BCUT2D eigenvalue weighted by Crippen LogP contribution is 2.16. The maximum atomic E-state index is 12.0. The van der Waals surface area contributed by atoms with Gasteiger partial charge >= 0.3 is 0 Å². The van der Waals surface area contributed by atoms with Gasteiger partial charge in [0.2, 0.25) is 0 Å². The summed E-state index contributed by atoms with van der Waals surface area (Å²) in [6.07, 6.45) is 1.48. The molecule has 1 saturated heterocycles. The van der Waals surface area contributed by atoms with Crippen molar-refractivity contribution in [2.24, 2.45) is 0 Å². The topological polar surface area (TPSA) is 41.6 Å². The standard InChI is InChI=1S/C13H19FN2.C5H10O2/c14-7-1-2-12-3-5-13(6-4-12)16-10-8-15-9-11-16;1-5(2,3)7-4-6/h3-6,15H,1-2,7-11H2;4H,1-3H3. The summed E-state index contributed by atoms with van der Waals surface area (Å²) >= 11 is 0. The number of ether oxygens (including phenoxy) is 1. The first-order chi connectivity index (χ1) is 11.0. The minimum Gasteiger partial charge on any atom is -0.462 e. The summed E-state index contributed by atoms with van der Waals surface area (Å²) in [6, 6.07) is 8.54. The van der Waals surface area contributed by atoms with E-state index in [0.717, 1.165) is 32.6 Å². The zero-order chi connectivity index (χ0) is 17.1. The van der Waals surface area contributed by atoms with Crippen molar-refractivity contribution in [3.05, 3.63) is 29.8 Å². The molecule has 130 valence electrons.